The zero-order valence-electron chi connectivity index (χ0n) is 13.9. The summed E-state index contributed by atoms with van der Waals surface area (Å²) in [4.78, 5) is 36.0. The largest absolute Gasteiger partial charge is 0.481 e. The summed E-state index contributed by atoms with van der Waals surface area (Å²) < 4.78 is 0. The molecule has 1 fully saturated rings. The summed E-state index contributed by atoms with van der Waals surface area (Å²) >= 11 is 0. The summed E-state index contributed by atoms with van der Waals surface area (Å²) in [5.74, 6) is -1.32. The van der Waals surface area contributed by atoms with Crippen LogP contribution in [0.4, 0.5) is 10.5 Å². The molecule has 7 heteroatoms. The molecule has 2 unspecified atom stereocenters. The first-order valence-electron chi connectivity index (χ1n) is 7.97. The molecule has 3 amide bonds. The number of nitrogens with zero attached hydrogens (tertiary/aromatic N) is 1. The highest BCUT2D eigenvalue weighted by atomic mass is 16.4. The number of nitrogens with one attached hydrogen (secondary N) is 2. The molecule has 2 rings (SSSR count). The Morgan fingerprint density at radius 1 is 1.21 bits per heavy atom. The fraction of sp³-hybridized carbons (Fsp3) is 0.471. The third kappa shape index (κ3) is 4.97. The number of carbonyl (C=O) groups is 3. The summed E-state index contributed by atoms with van der Waals surface area (Å²) in [5.41, 5.74) is 1.60. The number of aliphatic carboxylic acids is 1. The van der Waals surface area contributed by atoms with Crippen molar-refractivity contribution in [3.05, 3.63) is 29.8 Å². The molecule has 0 radical (unpaired) electrons. The van der Waals surface area contributed by atoms with Crippen molar-refractivity contribution in [1.82, 2.24) is 10.2 Å². The van der Waals surface area contributed by atoms with E-state index in [0.717, 1.165) is 5.56 Å². The lowest BCUT2D eigenvalue weighted by Crippen LogP contribution is -2.49. The smallest absolute Gasteiger partial charge is 0.317 e. The lowest BCUT2D eigenvalue weighted by Gasteiger charge is -2.34. The molecule has 1 aromatic rings. The van der Waals surface area contributed by atoms with Gasteiger partial charge in [0.15, 0.2) is 0 Å². The first kappa shape index (κ1) is 17.8. The van der Waals surface area contributed by atoms with Gasteiger partial charge in [0.1, 0.15) is 0 Å². The van der Waals surface area contributed by atoms with Gasteiger partial charge in [-0.1, -0.05) is 19.1 Å². The zero-order chi connectivity index (χ0) is 17.7. The fourth-order valence-electron chi connectivity index (χ4n) is 2.89. The second-order valence-corrected chi connectivity index (χ2v) is 6.32. The SMILES string of the molecule is CC(=O)Nc1ccc(CNC(=O)N2CC(C)CC(C(=O)O)C2)cc1. The van der Waals surface area contributed by atoms with Gasteiger partial charge in [0, 0.05) is 32.2 Å². The van der Waals surface area contributed by atoms with Crippen molar-refractivity contribution in [2.45, 2.75) is 26.8 Å². The second-order valence-electron chi connectivity index (χ2n) is 6.32. The molecule has 0 bridgehead atoms. The van der Waals surface area contributed by atoms with Crippen molar-refractivity contribution in [3.63, 3.8) is 0 Å². The Bertz CT molecular complexity index is 615. The molecule has 1 aliphatic rings. The van der Waals surface area contributed by atoms with Crippen LogP contribution in [-0.4, -0.2) is 41.0 Å². The molecule has 24 heavy (non-hydrogen) atoms. The Kier molecular flexibility index (Phi) is 5.78. The van der Waals surface area contributed by atoms with Crippen LogP contribution in [0, 0.1) is 11.8 Å². The number of hydrogen-bond acceptors (Lipinski definition) is 3. The molecule has 1 saturated heterocycles. The van der Waals surface area contributed by atoms with E-state index in [1.165, 1.54) is 6.92 Å². The van der Waals surface area contributed by atoms with Gasteiger partial charge in [-0.2, -0.15) is 0 Å². The van der Waals surface area contributed by atoms with Gasteiger partial charge in [-0.3, -0.25) is 9.59 Å². The molecule has 7 nitrogen and oxygen atoms in total. The molecule has 1 aromatic carbocycles. The summed E-state index contributed by atoms with van der Waals surface area (Å²) in [7, 11) is 0. The minimum absolute atomic E-state index is 0.136. The number of piperidine rings is 1. The van der Waals surface area contributed by atoms with E-state index in [2.05, 4.69) is 10.6 Å². The van der Waals surface area contributed by atoms with Crippen molar-refractivity contribution in [2.24, 2.45) is 11.8 Å². The quantitative estimate of drug-likeness (QED) is 0.783. The van der Waals surface area contributed by atoms with E-state index in [0.29, 0.717) is 25.2 Å². The number of carbonyl (C=O) groups excluding carboxylic acids is 2. The van der Waals surface area contributed by atoms with Crippen LogP contribution in [0.1, 0.15) is 25.8 Å². The lowest BCUT2D eigenvalue weighted by atomic mass is 9.91. The summed E-state index contributed by atoms with van der Waals surface area (Å²) in [6.07, 6.45) is 0.601. The highest BCUT2D eigenvalue weighted by Gasteiger charge is 2.31. The Balaban J connectivity index is 1.88. The Morgan fingerprint density at radius 2 is 1.88 bits per heavy atom. The number of carboxylic acid groups (broad SMARTS) is 1. The van der Waals surface area contributed by atoms with Crippen molar-refractivity contribution < 1.29 is 19.5 Å². The van der Waals surface area contributed by atoms with Gasteiger partial charge in [0.05, 0.1) is 5.92 Å². The predicted octanol–water partition coefficient (Wildman–Crippen LogP) is 1.90. The third-order valence-corrected chi connectivity index (χ3v) is 4.01. The maximum atomic E-state index is 12.3. The minimum atomic E-state index is -0.854. The van der Waals surface area contributed by atoms with E-state index in [1.807, 2.05) is 19.1 Å². The predicted molar refractivity (Wildman–Crippen MR) is 89.5 cm³/mol. The van der Waals surface area contributed by atoms with Gasteiger partial charge in [-0.25, -0.2) is 4.79 Å². The summed E-state index contributed by atoms with van der Waals surface area (Å²) in [6, 6.07) is 6.94. The number of benzene rings is 1. The van der Waals surface area contributed by atoms with E-state index in [4.69, 9.17) is 5.11 Å². The van der Waals surface area contributed by atoms with E-state index in [9.17, 15) is 14.4 Å². The van der Waals surface area contributed by atoms with Gasteiger partial charge >= 0.3 is 12.0 Å². The highest BCUT2D eigenvalue weighted by molar-refractivity contribution is 5.88. The van der Waals surface area contributed by atoms with Crippen molar-refractivity contribution in [1.29, 1.82) is 0 Å². The van der Waals surface area contributed by atoms with Crippen LogP contribution < -0.4 is 10.6 Å². The molecular formula is C17H23N3O4. The number of rotatable bonds is 4. The first-order valence-corrected chi connectivity index (χ1v) is 7.97. The molecular weight excluding hydrogens is 310 g/mol. The fourth-order valence-corrected chi connectivity index (χ4v) is 2.89. The number of anilines is 1. The van der Waals surface area contributed by atoms with E-state index in [1.54, 1.807) is 17.0 Å². The van der Waals surface area contributed by atoms with E-state index >= 15 is 0 Å². The maximum Gasteiger partial charge on any atom is 0.317 e. The molecule has 3 N–H and O–H groups in total. The van der Waals surface area contributed by atoms with Gasteiger partial charge in [0.2, 0.25) is 5.91 Å². The maximum absolute atomic E-state index is 12.3. The van der Waals surface area contributed by atoms with Gasteiger partial charge in [0.25, 0.3) is 0 Å². The highest BCUT2D eigenvalue weighted by Crippen LogP contribution is 2.21. The minimum Gasteiger partial charge on any atom is -0.481 e. The third-order valence-electron chi connectivity index (χ3n) is 4.01. The van der Waals surface area contributed by atoms with E-state index < -0.39 is 11.9 Å². The number of urea groups is 1. The van der Waals surface area contributed by atoms with Crippen molar-refractivity contribution in [3.8, 4) is 0 Å². The van der Waals surface area contributed by atoms with Gasteiger partial charge in [-0.05, 0) is 30.0 Å². The number of likely N-dealkylation sites (tertiary alicyclic amines) is 1. The standard InChI is InChI=1S/C17H23N3O4/c1-11-7-14(16(22)23)10-20(9-11)17(24)18-8-13-3-5-15(6-4-13)19-12(2)21/h3-6,11,14H,7-10H2,1-2H3,(H,18,24)(H,19,21)(H,22,23). The summed E-state index contributed by atoms with van der Waals surface area (Å²) in [6.45, 7) is 4.56. The second kappa shape index (κ2) is 7.81. The van der Waals surface area contributed by atoms with Crippen LogP contribution >= 0.6 is 0 Å². The summed E-state index contributed by atoms with van der Waals surface area (Å²) in [5, 5.41) is 14.7. The molecule has 0 spiro atoms. The van der Waals surface area contributed by atoms with Crippen LogP contribution in [0.3, 0.4) is 0 Å². The molecule has 1 aliphatic heterocycles. The Labute approximate surface area is 141 Å². The van der Waals surface area contributed by atoms with Crippen LogP contribution in [0.2, 0.25) is 0 Å². The van der Waals surface area contributed by atoms with E-state index in [-0.39, 0.29) is 24.4 Å². The van der Waals surface area contributed by atoms with Crippen LogP contribution in [-0.2, 0) is 16.1 Å². The molecule has 0 aliphatic carbocycles. The van der Waals surface area contributed by atoms with Crippen molar-refractivity contribution in [2.75, 3.05) is 18.4 Å². The number of amides is 3. The Morgan fingerprint density at radius 3 is 2.46 bits per heavy atom. The van der Waals surface area contributed by atoms with Crippen LogP contribution in [0.15, 0.2) is 24.3 Å². The molecule has 0 aromatic heterocycles. The van der Waals surface area contributed by atoms with Gasteiger partial charge in [-0.15, -0.1) is 0 Å². The normalized spacial score (nSPS) is 20.3. The van der Waals surface area contributed by atoms with Gasteiger partial charge < -0.3 is 20.6 Å². The molecule has 2 atom stereocenters. The molecule has 1 heterocycles. The molecule has 0 saturated carbocycles. The van der Waals surface area contributed by atoms with Crippen LogP contribution in [0.25, 0.3) is 0 Å². The average molecular weight is 333 g/mol. The first-order chi connectivity index (χ1) is 11.3. The van der Waals surface area contributed by atoms with Crippen LogP contribution in [0.5, 0.6) is 0 Å². The monoisotopic (exact) mass is 333 g/mol. The number of carboxylic acids is 1. The zero-order valence-corrected chi connectivity index (χ0v) is 13.9. The lowest BCUT2D eigenvalue weighted by molar-refractivity contribution is -0.143. The topological polar surface area (TPSA) is 98.7 Å². The number of hydrogen-bond donors (Lipinski definition) is 3. The Hall–Kier alpha value is -2.57. The average Bonchev–Trinajstić information content (AvgIpc) is 2.52. The van der Waals surface area contributed by atoms with Crippen molar-refractivity contribution >= 4 is 23.6 Å². The molecule has 130 valence electrons.